The van der Waals surface area contributed by atoms with E-state index in [-0.39, 0.29) is 0 Å². The second-order valence-corrected chi connectivity index (χ2v) is 7.68. The first-order valence-electron chi connectivity index (χ1n) is 11.0. The van der Waals surface area contributed by atoms with Crippen LogP contribution in [0.5, 0.6) is 34.5 Å². The number of nitrogens with two attached hydrogens (primary N) is 2. The van der Waals surface area contributed by atoms with Gasteiger partial charge in [-0.05, 0) is 109 Å². The average molecular weight is 441 g/mol. The highest BCUT2D eigenvalue weighted by molar-refractivity contribution is 5.52. The molecule has 0 unspecified atom stereocenters. The van der Waals surface area contributed by atoms with Crippen LogP contribution in [0.3, 0.4) is 0 Å². The summed E-state index contributed by atoms with van der Waals surface area (Å²) in [5.41, 5.74) is 15.6. The van der Waals surface area contributed by atoms with E-state index in [1.54, 1.807) is 0 Å². The van der Waals surface area contributed by atoms with Crippen molar-refractivity contribution in [1.82, 2.24) is 0 Å². The van der Waals surface area contributed by atoms with Crippen molar-refractivity contribution in [3.05, 3.63) is 96.1 Å². The largest absolute Gasteiger partial charge is 0.457 e. The number of hydrogen-bond donors (Lipinski definition) is 2. The monoisotopic (exact) mass is 440 g/mol. The number of benzene rings is 4. The van der Waals surface area contributed by atoms with Gasteiger partial charge in [0.1, 0.15) is 34.5 Å². The van der Waals surface area contributed by atoms with Crippen LogP contribution in [-0.2, 0) is 12.8 Å². The smallest absolute Gasteiger partial charge is 0.127 e. The molecule has 0 aliphatic carbocycles. The van der Waals surface area contributed by atoms with Gasteiger partial charge in [-0.15, -0.1) is 0 Å². The van der Waals surface area contributed by atoms with Gasteiger partial charge in [0, 0.05) is 11.4 Å². The Balaban J connectivity index is 1.37. The Morgan fingerprint density at radius 3 is 1.03 bits per heavy atom. The van der Waals surface area contributed by atoms with Crippen molar-refractivity contribution >= 4 is 11.4 Å². The third-order valence-electron chi connectivity index (χ3n) is 5.35. The fourth-order valence-electron chi connectivity index (χ4n) is 3.46. The summed E-state index contributed by atoms with van der Waals surface area (Å²) in [6.07, 6.45) is 1.72. The molecule has 0 aliphatic rings. The fraction of sp³-hybridized carbons (Fsp3) is 0.143. The maximum Gasteiger partial charge on any atom is 0.127 e. The van der Waals surface area contributed by atoms with Crippen LogP contribution in [0.1, 0.15) is 25.0 Å². The maximum atomic E-state index is 5.97. The van der Waals surface area contributed by atoms with Gasteiger partial charge in [0.25, 0.3) is 0 Å². The standard InChI is InChI=1S/C28H28N2O3/c1-3-19-17-25(13-15-27(19)29)32-23-9-5-21(6-10-23)31-22-7-11-24(12-8-22)33-26-14-16-28(30)20(4-2)18-26/h5-18H,3-4,29-30H2,1-2H3. The van der Waals surface area contributed by atoms with E-state index < -0.39 is 0 Å². The van der Waals surface area contributed by atoms with Crippen molar-refractivity contribution in [2.45, 2.75) is 26.7 Å². The first-order valence-corrected chi connectivity index (χ1v) is 11.0. The van der Waals surface area contributed by atoms with Crippen LogP contribution >= 0.6 is 0 Å². The Morgan fingerprint density at radius 1 is 0.455 bits per heavy atom. The lowest BCUT2D eigenvalue weighted by molar-refractivity contribution is 0.464. The minimum Gasteiger partial charge on any atom is -0.457 e. The summed E-state index contributed by atoms with van der Waals surface area (Å²) in [5.74, 6) is 4.41. The summed E-state index contributed by atoms with van der Waals surface area (Å²) in [5, 5.41) is 0. The molecule has 0 saturated heterocycles. The van der Waals surface area contributed by atoms with E-state index >= 15 is 0 Å². The molecule has 4 aromatic rings. The molecule has 0 atom stereocenters. The first kappa shape index (κ1) is 22.1. The minimum atomic E-state index is 0.716. The summed E-state index contributed by atoms with van der Waals surface area (Å²) < 4.78 is 17.8. The number of hydrogen-bond acceptors (Lipinski definition) is 5. The van der Waals surface area contributed by atoms with Gasteiger partial charge < -0.3 is 25.7 Å². The van der Waals surface area contributed by atoms with Crippen LogP contribution < -0.4 is 25.7 Å². The molecule has 4 rings (SSSR count). The first-order chi connectivity index (χ1) is 16.0. The van der Waals surface area contributed by atoms with Crippen molar-refractivity contribution in [1.29, 1.82) is 0 Å². The third-order valence-corrected chi connectivity index (χ3v) is 5.35. The van der Waals surface area contributed by atoms with Crippen molar-refractivity contribution in [3.63, 3.8) is 0 Å². The average Bonchev–Trinajstić information content (AvgIpc) is 2.84. The summed E-state index contributed by atoms with van der Waals surface area (Å²) in [7, 11) is 0. The molecule has 4 aromatic carbocycles. The zero-order valence-corrected chi connectivity index (χ0v) is 18.9. The highest BCUT2D eigenvalue weighted by Crippen LogP contribution is 2.31. The van der Waals surface area contributed by atoms with Gasteiger partial charge in [0.15, 0.2) is 0 Å². The predicted molar refractivity (Wildman–Crippen MR) is 134 cm³/mol. The molecule has 0 spiro atoms. The van der Waals surface area contributed by atoms with Crippen LogP contribution in [0.15, 0.2) is 84.9 Å². The predicted octanol–water partition coefficient (Wildman–Crippen LogP) is 7.35. The summed E-state index contributed by atoms with van der Waals surface area (Å²) in [6, 6.07) is 26.4. The second-order valence-electron chi connectivity index (χ2n) is 7.68. The molecule has 0 aromatic heterocycles. The van der Waals surface area contributed by atoms with E-state index in [2.05, 4.69) is 13.8 Å². The molecule has 0 radical (unpaired) electrons. The molecule has 0 bridgehead atoms. The zero-order valence-electron chi connectivity index (χ0n) is 18.9. The lowest BCUT2D eigenvalue weighted by Gasteiger charge is -2.11. The van der Waals surface area contributed by atoms with Gasteiger partial charge in [-0.2, -0.15) is 0 Å². The van der Waals surface area contributed by atoms with E-state index in [4.69, 9.17) is 25.7 Å². The fourth-order valence-corrected chi connectivity index (χ4v) is 3.46. The van der Waals surface area contributed by atoms with E-state index in [1.165, 1.54) is 0 Å². The highest BCUT2D eigenvalue weighted by Gasteiger charge is 2.05. The normalized spacial score (nSPS) is 10.6. The molecule has 33 heavy (non-hydrogen) atoms. The molecule has 0 saturated carbocycles. The SMILES string of the molecule is CCc1cc(Oc2ccc(Oc3ccc(Oc4ccc(N)c(CC)c4)cc3)cc2)ccc1N. The van der Waals surface area contributed by atoms with Crippen LogP contribution in [0.25, 0.3) is 0 Å². The van der Waals surface area contributed by atoms with Gasteiger partial charge in [0.2, 0.25) is 0 Å². The van der Waals surface area contributed by atoms with Crippen LogP contribution in [0, 0.1) is 0 Å². The molecule has 0 heterocycles. The lowest BCUT2D eigenvalue weighted by Crippen LogP contribution is -1.94. The molecule has 0 amide bonds. The van der Waals surface area contributed by atoms with Crippen molar-refractivity contribution in [2.24, 2.45) is 0 Å². The molecule has 4 N–H and O–H groups in total. The number of aryl methyl sites for hydroxylation is 2. The van der Waals surface area contributed by atoms with Crippen LogP contribution in [0.2, 0.25) is 0 Å². The Labute approximate surface area is 194 Å². The van der Waals surface area contributed by atoms with Crippen LogP contribution in [0.4, 0.5) is 11.4 Å². The van der Waals surface area contributed by atoms with E-state index in [1.807, 2.05) is 84.9 Å². The molecular formula is C28H28N2O3. The van der Waals surface area contributed by atoms with Gasteiger partial charge in [-0.25, -0.2) is 0 Å². The van der Waals surface area contributed by atoms with E-state index in [0.29, 0.717) is 11.5 Å². The quantitative estimate of drug-likeness (QED) is 0.280. The zero-order chi connectivity index (χ0) is 23.2. The Morgan fingerprint density at radius 2 is 0.727 bits per heavy atom. The molecular weight excluding hydrogens is 412 g/mol. The van der Waals surface area contributed by atoms with Crippen molar-refractivity contribution in [3.8, 4) is 34.5 Å². The molecule has 5 heteroatoms. The molecule has 168 valence electrons. The highest BCUT2D eigenvalue weighted by atomic mass is 16.5. The summed E-state index contributed by atoms with van der Waals surface area (Å²) >= 11 is 0. The van der Waals surface area contributed by atoms with E-state index in [9.17, 15) is 0 Å². The maximum absolute atomic E-state index is 5.97. The Bertz CT molecular complexity index is 1120. The number of ether oxygens (including phenoxy) is 3. The lowest BCUT2D eigenvalue weighted by atomic mass is 10.1. The second kappa shape index (κ2) is 10.0. The minimum absolute atomic E-state index is 0.716. The van der Waals surface area contributed by atoms with Gasteiger partial charge in [0.05, 0.1) is 0 Å². The Kier molecular flexibility index (Phi) is 6.69. The molecule has 0 aliphatic heterocycles. The number of rotatable bonds is 8. The van der Waals surface area contributed by atoms with Gasteiger partial charge >= 0.3 is 0 Å². The third kappa shape index (κ3) is 5.57. The number of nitrogen functional groups attached to an aromatic ring is 2. The van der Waals surface area contributed by atoms with Crippen LogP contribution in [-0.4, -0.2) is 0 Å². The molecule has 5 nitrogen and oxygen atoms in total. The molecule has 0 fully saturated rings. The van der Waals surface area contributed by atoms with Gasteiger partial charge in [-0.1, -0.05) is 13.8 Å². The van der Waals surface area contributed by atoms with E-state index in [0.717, 1.165) is 58.3 Å². The summed E-state index contributed by atoms with van der Waals surface area (Å²) in [6.45, 7) is 4.14. The van der Waals surface area contributed by atoms with Crippen molar-refractivity contribution in [2.75, 3.05) is 11.5 Å². The van der Waals surface area contributed by atoms with Gasteiger partial charge in [-0.3, -0.25) is 0 Å². The Hall–Kier alpha value is -4.12. The number of anilines is 2. The topological polar surface area (TPSA) is 79.7 Å². The summed E-state index contributed by atoms with van der Waals surface area (Å²) in [4.78, 5) is 0. The van der Waals surface area contributed by atoms with Crippen molar-refractivity contribution < 1.29 is 14.2 Å².